The second kappa shape index (κ2) is 8.50. The van der Waals surface area contributed by atoms with Crippen molar-refractivity contribution in [3.8, 4) is 23.0 Å². The fourth-order valence-corrected chi connectivity index (χ4v) is 4.68. The van der Waals surface area contributed by atoms with Crippen molar-refractivity contribution in [2.75, 3.05) is 0 Å². The lowest BCUT2D eigenvalue weighted by Crippen LogP contribution is -2.06. The average molecular weight is 422 g/mol. The lowest BCUT2D eigenvalue weighted by atomic mass is 10.3. The third-order valence-corrected chi connectivity index (χ3v) is 6.10. The van der Waals surface area contributed by atoms with Gasteiger partial charge in [0.25, 0.3) is 0 Å². The zero-order chi connectivity index (χ0) is 20.0. The Morgan fingerprint density at radius 3 is 1.71 bits per heavy atom. The summed E-state index contributed by atoms with van der Waals surface area (Å²) in [7, 11) is -9.59. The third kappa shape index (κ3) is 5.87. The number of aromatic hydroxyl groups is 1. The fraction of sp³-hybridized carbons (Fsp3) is 0. The predicted octanol–water partition coefficient (Wildman–Crippen LogP) is 5.15. The summed E-state index contributed by atoms with van der Waals surface area (Å²) < 4.78 is 45.6. The van der Waals surface area contributed by atoms with Crippen molar-refractivity contribution < 1.29 is 37.0 Å². The molecule has 8 nitrogen and oxygen atoms in total. The lowest BCUT2D eigenvalue weighted by Gasteiger charge is -2.21. The molecule has 28 heavy (non-hydrogen) atoms. The van der Waals surface area contributed by atoms with E-state index in [0.717, 1.165) is 6.07 Å². The lowest BCUT2D eigenvalue weighted by molar-refractivity contribution is 0.238. The number of benzene rings is 3. The van der Waals surface area contributed by atoms with Crippen molar-refractivity contribution in [1.82, 2.24) is 0 Å². The Morgan fingerprint density at radius 2 is 1.14 bits per heavy atom. The second-order valence-corrected chi connectivity index (χ2v) is 8.43. The van der Waals surface area contributed by atoms with E-state index in [4.69, 9.17) is 17.9 Å². The van der Waals surface area contributed by atoms with E-state index in [-0.39, 0.29) is 23.0 Å². The summed E-state index contributed by atoms with van der Waals surface area (Å²) in [4.78, 5) is 10.0. The number of hydrogen-bond donors (Lipinski definition) is 2. The maximum absolute atomic E-state index is 13.1. The van der Waals surface area contributed by atoms with Gasteiger partial charge in [-0.2, -0.15) is 4.31 Å². The number of phenols is 1. The smallest absolute Gasteiger partial charge is 0.508 e. The molecule has 0 fully saturated rings. The summed E-state index contributed by atoms with van der Waals surface area (Å²) in [5, 5.41) is 9.55. The summed E-state index contributed by atoms with van der Waals surface area (Å²) in [6, 6.07) is 20.8. The summed E-state index contributed by atoms with van der Waals surface area (Å²) in [5.74, 6) is -0.168. The van der Waals surface area contributed by atoms with Crippen LogP contribution in [0.4, 0.5) is 0 Å². The van der Waals surface area contributed by atoms with Crippen LogP contribution in [0.5, 0.6) is 23.0 Å². The highest BCUT2D eigenvalue weighted by Crippen LogP contribution is 2.62. The highest BCUT2D eigenvalue weighted by Gasteiger charge is 2.42. The third-order valence-electron chi connectivity index (χ3n) is 3.16. The first kappa shape index (κ1) is 20.0. The number of hydrogen-bond acceptors (Lipinski definition) is 7. The van der Waals surface area contributed by atoms with Crippen LogP contribution in [-0.2, 0) is 13.4 Å². The molecule has 0 bridgehead atoms. The van der Waals surface area contributed by atoms with E-state index in [1.54, 1.807) is 36.4 Å². The molecule has 0 amide bonds. The van der Waals surface area contributed by atoms with E-state index in [1.165, 1.54) is 42.5 Å². The van der Waals surface area contributed by atoms with E-state index >= 15 is 0 Å². The van der Waals surface area contributed by atoms with Crippen molar-refractivity contribution in [2.45, 2.75) is 0 Å². The van der Waals surface area contributed by atoms with Gasteiger partial charge in [0.1, 0.15) is 23.0 Å². The van der Waals surface area contributed by atoms with E-state index in [0.29, 0.717) is 0 Å². The molecule has 0 aliphatic heterocycles. The Bertz CT molecular complexity index is 1010. The van der Waals surface area contributed by atoms with Crippen LogP contribution in [0.3, 0.4) is 0 Å². The Morgan fingerprint density at radius 1 is 0.643 bits per heavy atom. The van der Waals surface area contributed by atoms with Crippen LogP contribution >= 0.6 is 15.6 Å². The molecule has 3 aromatic carbocycles. The molecule has 0 heterocycles. The van der Waals surface area contributed by atoms with Crippen molar-refractivity contribution >= 4 is 15.6 Å². The van der Waals surface area contributed by atoms with Crippen molar-refractivity contribution in [1.29, 1.82) is 0 Å². The van der Waals surface area contributed by atoms with Gasteiger partial charge in [0.05, 0.1) is 0 Å². The first-order chi connectivity index (χ1) is 13.3. The van der Waals surface area contributed by atoms with Gasteiger partial charge < -0.3 is 18.7 Å². The van der Waals surface area contributed by atoms with Crippen LogP contribution in [0.25, 0.3) is 0 Å². The zero-order valence-corrected chi connectivity index (χ0v) is 16.1. The van der Waals surface area contributed by atoms with Crippen molar-refractivity contribution in [3.63, 3.8) is 0 Å². The van der Waals surface area contributed by atoms with Crippen LogP contribution in [0.1, 0.15) is 0 Å². The minimum Gasteiger partial charge on any atom is -0.508 e. The maximum atomic E-state index is 13.1. The molecule has 0 aliphatic carbocycles. The Kier molecular flexibility index (Phi) is 6.07. The molecule has 3 rings (SSSR count). The molecule has 0 spiro atoms. The normalized spacial score (nSPS) is 15.0. The molecule has 10 heteroatoms. The predicted molar refractivity (Wildman–Crippen MR) is 101 cm³/mol. The number of phosphoric ester groups is 2. The monoisotopic (exact) mass is 422 g/mol. The number of rotatable bonds is 8. The van der Waals surface area contributed by atoms with Gasteiger partial charge in [-0.15, -0.1) is 0 Å². The minimum absolute atomic E-state index is 0.0250. The van der Waals surface area contributed by atoms with Crippen molar-refractivity contribution in [3.05, 3.63) is 84.9 Å². The van der Waals surface area contributed by atoms with E-state index in [2.05, 4.69) is 0 Å². The molecular weight excluding hydrogens is 406 g/mol. The largest absolute Gasteiger partial charge is 0.597 e. The Balaban J connectivity index is 1.86. The number of phenolic OH excluding ortho intramolecular Hbond substituents is 1. The quantitative estimate of drug-likeness (QED) is 0.479. The summed E-state index contributed by atoms with van der Waals surface area (Å²) >= 11 is 0. The zero-order valence-electron chi connectivity index (χ0n) is 14.3. The Hall–Kier alpha value is -2.76. The van der Waals surface area contributed by atoms with Gasteiger partial charge in [0, 0.05) is 6.07 Å². The van der Waals surface area contributed by atoms with Gasteiger partial charge in [-0.05, 0) is 36.4 Å². The first-order valence-corrected chi connectivity index (χ1v) is 10.9. The SMILES string of the molecule is O=P(O)(Oc1ccccc1)OP(=O)(Oc1ccccc1)Oc1cccc(O)c1. The molecule has 2 unspecified atom stereocenters. The molecular formula is C18H16O8P2. The summed E-state index contributed by atoms with van der Waals surface area (Å²) in [5.41, 5.74) is 0. The van der Waals surface area contributed by atoms with Crippen LogP contribution in [-0.4, -0.2) is 10.00 Å². The van der Waals surface area contributed by atoms with Crippen LogP contribution < -0.4 is 13.6 Å². The highest BCUT2D eigenvalue weighted by atomic mass is 31.3. The van der Waals surface area contributed by atoms with Gasteiger partial charge in [-0.25, -0.2) is 9.13 Å². The van der Waals surface area contributed by atoms with Crippen LogP contribution in [0, 0.1) is 0 Å². The molecule has 2 N–H and O–H groups in total. The van der Waals surface area contributed by atoms with Crippen molar-refractivity contribution in [2.24, 2.45) is 0 Å². The molecule has 0 aliphatic rings. The second-order valence-electron chi connectivity index (χ2n) is 5.39. The van der Waals surface area contributed by atoms with Gasteiger partial charge in [0.2, 0.25) is 0 Å². The Labute approximate surface area is 161 Å². The minimum atomic E-state index is -4.90. The summed E-state index contributed by atoms with van der Waals surface area (Å²) in [6.07, 6.45) is 0. The number of para-hydroxylation sites is 2. The van der Waals surface area contributed by atoms with Gasteiger partial charge in [-0.1, -0.05) is 42.5 Å². The standard InChI is InChI=1S/C18H16O8P2/c19-15-8-7-13-18(14-15)25-28(22,24-17-11-5-2-6-12-17)26-27(20,21)23-16-9-3-1-4-10-16/h1-14,19H,(H,20,21). The molecule has 0 aromatic heterocycles. The van der Waals surface area contributed by atoms with Gasteiger partial charge in [-0.3, -0.25) is 4.89 Å². The number of phosphoric acid groups is 2. The molecule has 0 saturated heterocycles. The van der Waals surface area contributed by atoms with Gasteiger partial charge in [0.15, 0.2) is 0 Å². The van der Waals surface area contributed by atoms with Crippen LogP contribution in [0.15, 0.2) is 84.9 Å². The molecule has 0 radical (unpaired) electrons. The average Bonchev–Trinajstić information content (AvgIpc) is 2.62. The summed E-state index contributed by atoms with van der Waals surface area (Å²) in [6.45, 7) is 0. The molecule has 0 saturated carbocycles. The highest BCUT2D eigenvalue weighted by molar-refractivity contribution is 7.62. The van der Waals surface area contributed by atoms with Crippen LogP contribution in [0.2, 0.25) is 0 Å². The van der Waals surface area contributed by atoms with E-state index in [9.17, 15) is 19.1 Å². The molecule has 2 atom stereocenters. The topological polar surface area (TPSA) is 112 Å². The van der Waals surface area contributed by atoms with Gasteiger partial charge >= 0.3 is 15.6 Å². The van der Waals surface area contributed by atoms with E-state index in [1.807, 2.05) is 0 Å². The maximum Gasteiger partial charge on any atom is 0.597 e. The fourth-order valence-electron chi connectivity index (χ4n) is 2.09. The molecule has 146 valence electrons. The van der Waals surface area contributed by atoms with E-state index < -0.39 is 15.6 Å². The molecule has 3 aromatic rings. The first-order valence-electron chi connectivity index (χ1n) is 7.96.